The number of carboxylic acid groups (broad SMARTS) is 1. The molecule has 25 heavy (non-hydrogen) atoms. The molecule has 0 aliphatic carbocycles. The van der Waals surface area contributed by atoms with E-state index in [2.05, 4.69) is 5.32 Å². The van der Waals surface area contributed by atoms with Crippen LogP contribution in [0.3, 0.4) is 0 Å². The molecule has 0 aromatic heterocycles. The molecule has 0 heterocycles. The Morgan fingerprint density at radius 1 is 1.12 bits per heavy atom. The summed E-state index contributed by atoms with van der Waals surface area (Å²) in [6, 6.07) is 14.1. The predicted molar refractivity (Wildman–Crippen MR) is 97.3 cm³/mol. The van der Waals surface area contributed by atoms with Gasteiger partial charge in [0.05, 0.1) is 6.10 Å². The number of benzene rings is 2. The monoisotopic (exact) mass is 341 g/mol. The van der Waals surface area contributed by atoms with E-state index in [1.54, 1.807) is 30.3 Å². The van der Waals surface area contributed by atoms with Crippen molar-refractivity contribution < 1.29 is 20.1 Å². The molecule has 0 radical (unpaired) electrons. The molecule has 2 rings (SSSR count). The number of aliphatic hydroxyl groups excluding tert-OH is 1. The van der Waals surface area contributed by atoms with E-state index in [-0.39, 0.29) is 11.8 Å². The quantitative estimate of drug-likeness (QED) is 0.554. The molecular formula is C20H23NO4. The molecule has 2 atom stereocenters. The van der Waals surface area contributed by atoms with Crippen LogP contribution in [0.15, 0.2) is 54.6 Å². The van der Waals surface area contributed by atoms with Gasteiger partial charge in [-0.1, -0.05) is 36.4 Å². The van der Waals surface area contributed by atoms with Crippen LogP contribution < -0.4 is 5.32 Å². The van der Waals surface area contributed by atoms with Crippen LogP contribution in [0, 0.1) is 0 Å². The van der Waals surface area contributed by atoms with Crippen molar-refractivity contribution in [1.82, 2.24) is 5.32 Å². The summed E-state index contributed by atoms with van der Waals surface area (Å²) in [4.78, 5) is 10.5. The van der Waals surface area contributed by atoms with Crippen molar-refractivity contribution >= 4 is 12.0 Å². The lowest BCUT2D eigenvalue weighted by atomic mass is 10.0. The lowest BCUT2D eigenvalue weighted by Crippen LogP contribution is -2.33. The Bertz CT molecular complexity index is 707. The van der Waals surface area contributed by atoms with Crippen LogP contribution in [0.1, 0.15) is 29.7 Å². The third-order valence-corrected chi connectivity index (χ3v) is 3.99. The zero-order chi connectivity index (χ0) is 18.2. The molecule has 2 aromatic carbocycles. The van der Waals surface area contributed by atoms with Gasteiger partial charge in [-0.05, 0) is 54.8 Å². The van der Waals surface area contributed by atoms with Crippen molar-refractivity contribution in [3.8, 4) is 5.75 Å². The number of aromatic hydroxyl groups is 1. The van der Waals surface area contributed by atoms with Crippen molar-refractivity contribution in [2.45, 2.75) is 25.5 Å². The predicted octanol–water partition coefficient (Wildman–Crippen LogP) is 2.74. The SMILES string of the molecule is CC(NCCc1ccc(/C=C/C(=O)O)cc1)C(O)c1ccc(O)cc1. The van der Waals surface area contributed by atoms with Crippen LogP contribution in [-0.2, 0) is 11.2 Å². The van der Waals surface area contributed by atoms with E-state index >= 15 is 0 Å². The fraction of sp³-hybridized carbons (Fsp3) is 0.250. The van der Waals surface area contributed by atoms with Crippen LogP contribution in [0.5, 0.6) is 5.75 Å². The van der Waals surface area contributed by atoms with E-state index in [1.165, 1.54) is 0 Å². The average molecular weight is 341 g/mol. The number of hydrogen-bond donors (Lipinski definition) is 4. The summed E-state index contributed by atoms with van der Waals surface area (Å²) in [6.45, 7) is 2.62. The van der Waals surface area contributed by atoms with Gasteiger partial charge in [-0.25, -0.2) is 4.79 Å². The third kappa shape index (κ3) is 6.06. The molecule has 0 amide bonds. The highest BCUT2D eigenvalue weighted by atomic mass is 16.4. The molecule has 0 aliphatic rings. The molecule has 4 N–H and O–H groups in total. The summed E-state index contributed by atoms with van der Waals surface area (Å²) in [7, 11) is 0. The van der Waals surface area contributed by atoms with E-state index in [4.69, 9.17) is 5.11 Å². The van der Waals surface area contributed by atoms with Crippen LogP contribution >= 0.6 is 0 Å². The van der Waals surface area contributed by atoms with Gasteiger partial charge >= 0.3 is 5.97 Å². The lowest BCUT2D eigenvalue weighted by molar-refractivity contribution is -0.131. The highest BCUT2D eigenvalue weighted by Crippen LogP contribution is 2.19. The normalized spacial score (nSPS) is 13.7. The Balaban J connectivity index is 1.81. The van der Waals surface area contributed by atoms with Gasteiger partial charge in [-0.2, -0.15) is 0 Å². The molecule has 5 heteroatoms. The first-order valence-corrected chi connectivity index (χ1v) is 8.16. The molecule has 2 unspecified atom stereocenters. The van der Waals surface area contributed by atoms with Gasteiger partial charge in [-0.15, -0.1) is 0 Å². The summed E-state index contributed by atoms with van der Waals surface area (Å²) in [5.74, 6) is -0.785. The number of rotatable bonds is 8. The number of aliphatic carboxylic acids is 1. The minimum absolute atomic E-state index is 0.123. The second kappa shape index (κ2) is 9.01. The highest BCUT2D eigenvalue weighted by molar-refractivity contribution is 5.85. The van der Waals surface area contributed by atoms with Crippen molar-refractivity contribution in [3.05, 3.63) is 71.3 Å². The van der Waals surface area contributed by atoms with E-state index in [1.807, 2.05) is 31.2 Å². The Labute approximate surface area is 147 Å². The van der Waals surface area contributed by atoms with Gasteiger partial charge < -0.3 is 20.6 Å². The van der Waals surface area contributed by atoms with E-state index < -0.39 is 12.1 Å². The van der Waals surface area contributed by atoms with Gasteiger partial charge in [0.25, 0.3) is 0 Å². The molecule has 5 nitrogen and oxygen atoms in total. The van der Waals surface area contributed by atoms with Gasteiger partial charge in [0.1, 0.15) is 5.75 Å². The molecule has 2 aromatic rings. The standard InChI is InChI=1S/C20H23NO4/c1-14(20(25)17-7-9-18(22)10-8-17)21-13-12-16-4-2-15(3-5-16)6-11-19(23)24/h2-11,14,20-22,25H,12-13H2,1H3,(H,23,24)/b11-6+. The summed E-state index contributed by atoms with van der Waals surface area (Å²) in [5, 5.41) is 31.5. The highest BCUT2D eigenvalue weighted by Gasteiger charge is 2.15. The van der Waals surface area contributed by atoms with E-state index in [0.29, 0.717) is 6.54 Å². The van der Waals surface area contributed by atoms with Crippen LogP contribution in [0.4, 0.5) is 0 Å². The number of phenolic OH excluding ortho intramolecular Hbond substituents is 1. The Hall–Kier alpha value is -2.63. The minimum Gasteiger partial charge on any atom is -0.508 e. The van der Waals surface area contributed by atoms with Crippen LogP contribution in [0.25, 0.3) is 6.08 Å². The first-order valence-electron chi connectivity index (χ1n) is 8.16. The summed E-state index contributed by atoms with van der Waals surface area (Å²) >= 11 is 0. The lowest BCUT2D eigenvalue weighted by Gasteiger charge is -2.20. The number of carbonyl (C=O) groups is 1. The van der Waals surface area contributed by atoms with Crippen molar-refractivity contribution in [1.29, 1.82) is 0 Å². The smallest absolute Gasteiger partial charge is 0.328 e. The molecular weight excluding hydrogens is 318 g/mol. The maximum atomic E-state index is 10.5. The fourth-order valence-electron chi connectivity index (χ4n) is 2.48. The van der Waals surface area contributed by atoms with Crippen LogP contribution in [0.2, 0.25) is 0 Å². The number of hydrogen-bond acceptors (Lipinski definition) is 4. The summed E-state index contributed by atoms with van der Waals surface area (Å²) < 4.78 is 0. The topological polar surface area (TPSA) is 89.8 Å². The van der Waals surface area contributed by atoms with Gasteiger partial charge in [0, 0.05) is 12.1 Å². The van der Waals surface area contributed by atoms with Crippen molar-refractivity contribution in [2.24, 2.45) is 0 Å². The number of aliphatic hydroxyl groups is 1. The summed E-state index contributed by atoms with van der Waals surface area (Å²) in [6.07, 6.45) is 2.82. The Kier molecular flexibility index (Phi) is 6.74. The number of phenols is 1. The maximum absolute atomic E-state index is 10.5. The zero-order valence-electron chi connectivity index (χ0n) is 14.1. The zero-order valence-corrected chi connectivity index (χ0v) is 14.1. The van der Waals surface area contributed by atoms with E-state index in [9.17, 15) is 15.0 Å². The minimum atomic E-state index is -0.963. The second-order valence-electron chi connectivity index (χ2n) is 5.94. The first kappa shape index (κ1) is 18.7. The number of nitrogens with one attached hydrogen (secondary N) is 1. The van der Waals surface area contributed by atoms with E-state index in [0.717, 1.165) is 29.2 Å². The summed E-state index contributed by atoms with van der Waals surface area (Å²) in [5.41, 5.74) is 2.73. The van der Waals surface area contributed by atoms with Gasteiger partial charge in [0.2, 0.25) is 0 Å². The molecule has 0 saturated heterocycles. The first-order chi connectivity index (χ1) is 12.0. The van der Waals surface area contributed by atoms with Gasteiger partial charge in [0.15, 0.2) is 0 Å². The number of carboxylic acids is 1. The Morgan fingerprint density at radius 2 is 1.76 bits per heavy atom. The van der Waals surface area contributed by atoms with Crippen molar-refractivity contribution in [3.63, 3.8) is 0 Å². The average Bonchev–Trinajstić information content (AvgIpc) is 2.61. The van der Waals surface area contributed by atoms with Crippen LogP contribution in [-0.4, -0.2) is 33.9 Å². The Morgan fingerprint density at radius 3 is 2.36 bits per heavy atom. The molecule has 0 saturated carbocycles. The molecule has 0 fully saturated rings. The maximum Gasteiger partial charge on any atom is 0.328 e. The largest absolute Gasteiger partial charge is 0.508 e. The molecule has 0 aliphatic heterocycles. The van der Waals surface area contributed by atoms with Gasteiger partial charge in [-0.3, -0.25) is 0 Å². The molecule has 0 spiro atoms. The third-order valence-electron chi connectivity index (χ3n) is 3.99. The molecule has 132 valence electrons. The van der Waals surface area contributed by atoms with Crippen molar-refractivity contribution in [2.75, 3.05) is 6.54 Å². The molecule has 0 bridgehead atoms. The fourth-order valence-corrected chi connectivity index (χ4v) is 2.48. The second-order valence-corrected chi connectivity index (χ2v) is 5.94.